The Balaban J connectivity index is 3.10. The molecule has 0 aliphatic heterocycles. The number of hydrogen-bond acceptors (Lipinski definition) is 2. The number of hydrogen-bond donors (Lipinski definition) is 0. The molecular weight excluding hydrogens is 250 g/mol. The van der Waals surface area contributed by atoms with Crippen LogP contribution in [0.15, 0.2) is 10.9 Å². The third kappa shape index (κ3) is 3.70. The molecule has 0 fully saturated rings. The van der Waals surface area contributed by atoms with E-state index in [0.717, 1.165) is 30.5 Å². The molecule has 0 saturated heterocycles. The molecule has 0 saturated carbocycles. The number of nitrogens with zero attached hydrogens (tertiary/aromatic N) is 1. The first-order chi connectivity index (χ1) is 8.47. The first kappa shape index (κ1) is 15.0. The van der Waals surface area contributed by atoms with Crippen molar-refractivity contribution in [2.24, 2.45) is 0 Å². The summed E-state index contributed by atoms with van der Waals surface area (Å²) in [6.45, 7) is 6.61. The summed E-state index contributed by atoms with van der Waals surface area (Å²) in [4.78, 5) is 23.3. The van der Waals surface area contributed by atoms with Crippen LogP contribution in [0, 0.1) is 13.8 Å². The molecule has 0 atom stereocenters. The number of carbonyl (C=O) groups is 1. The van der Waals surface area contributed by atoms with Gasteiger partial charge in [0, 0.05) is 17.8 Å². The van der Waals surface area contributed by atoms with Crippen molar-refractivity contribution in [1.29, 1.82) is 0 Å². The average molecular weight is 270 g/mol. The van der Waals surface area contributed by atoms with Gasteiger partial charge in [-0.05, 0) is 43.5 Å². The van der Waals surface area contributed by atoms with Gasteiger partial charge in [-0.25, -0.2) is 0 Å². The Kier molecular flexibility index (Phi) is 5.60. The molecule has 0 aliphatic carbocycles. The quantitative estimate of drug-likeness (QED) is 0.588. The number of halogens is 1. The van der Waals surface area contributed by atoms with Gasteiger partial charge in [0.25, 0.3) is 5.56 Å². The highest BCUT2D eigenvalue weighted by Gasteiger charge is 2.12. The zero-order valence-electron chi connectivity index (χ0n) is 11.3. The summed E-state index contributed by atoms with van der Waals surface area (Å²) in [6, 6.07) is 1.95. The van der Waals surface area contributed by atoms with E-state index in [1.807, 2.05) is 19.9 Å². The third-order valence-corrected chi connectivity index (χ3v) is 3.27. The second-order valence-electron chi connectivity index (χ2n) is 4.64. The molecule has 4 heteroatoms. The summed E-state index contributed by atoms with van der Waals surface area (Å²) < 4.78 is 1.75. The maximum atomic E-state index is 12.3. The molecule has 1 heterocycles. The van der Waals surface area contributed by atoms with Crippen LogP contribution in [-0.4, -0.2) is 9.81 Å². The van der Waals surface area contributed by atoms with Crippen molar-refractivity contribution in [3.8, 4) is 0 Å². The number of pyridine rings is 1. The van der Waals surface area contributed by atoms with E-state index in [0.29, 0.717) is 12.1 Å². The zero-order chi connectivity index (χ0) is 13.7. The first-order valence-electron chi connectivity index (χ1n) is 6.35. The summed E-state index contributed by atoms with van der Waals surface area (Å²) in [7, 11) is 0. The second kappa shape index (κ2) is 6.74. The standard InChI is InChI=1S/C14H20ClNO2/c1-4-5-6-7-16-11(3)8-10(2)12(14(16)18)9-13(15)17/h8H,4-7,9H2,1-3H3. The second-order valence-corrected chi connectivity index (χ2v) is 5.06. The molecule has 1 aromatic rings. The molecule has 0 aliphatic rings. The number of aryl methyl sites for hydroxylation is 2. The normalized spacial score (nSPS) is 10.7. The fourth-order valence-electron chi connectivity index (χ4n) is 2.12. The molecule has 0 spiro atoms. The van der Waals surface area contributed by atoms with E-state index in [1.54, 1.807) is 4.57 Å². The minimum atomic E-state index is -0.487. The summed E-state index contributed by atoms with van der Waals surface area (Å²) in [5.74, 6) is 0. The third-order valence-electron chi connectivity index (χ3n) is 3.13. The molecule has 1 rings (SSSR count). The molecule has 0 radical (unpaired) electrons. The highest BCUT2D eigenvalue weighted by atomic mass is 35.5. The van der Waals surface area contributed by atoms with Crippen molar-refractivity contribution in [3.05, 3.63) is 33.2 Å². The molecule has 3 nitrogen and oxygen atoms in total. The van der Waals surface area contributed by atoms with Crippen LogP contribution < -0.4 is 5.56 Å². The van der Waals surface area contributed by atoms with Crippen molar-refractivity contribution in [1.82, 2.24) is 4.57 Å². The molecule has 18 heavy (non-hydrogen) atoms. The van der Waals surface area contributed by atoms with Gasteiger partial charge in [-0.3, -0.25) is 9.59 Å². The van der Waals surface area contributed by atoms with E-state index in [4.69, 9.17) is 11.6 Å². The molecule has 0 unspecified atom stereocenters. The summed E-state index contributed by atoms with van der Waals surface area (Å²) in [5, 5.41) is -0.487. The predicted octanol–water partition coefficient (Wildman–Crippen LogP) is 2.96. The van der Waals surface area contributed by atoms with Gasteiger partial charge in [0.15, 0.2) is 0 Å². The van der Waals surface area contributed by atoms with Crippen molar-refractivity contribution in [3.63, 3.8) is 0 Å². The van der Waals surface area contributed by atoms with E-state index >= 15 is 0 Å². The maximum Gasteiger partial charge on any atom is 0.254 e. The lowest BCUT2D eigenvalue weighted by atomic mass is 10.1. The molecule has 1 aromatic heterocycles. The number of unbranched alkanes of at least 4 members (excludes halogenated alkanes) is 2. The lowest BCUT2D eigenvalue weighted by Crippen LogP contribution is -2.27. The minimum Gasteiger partial charge on any atom is -0.313 e. The Bertz CT molecular complexity index is 491. The lowest BCUT2D eigenvalue weighted by Gasteiger charge is -2.13. The highest BCUT2D eigenvalue weighted by molar-refractivity contribution is 6.63. The molecule has 0 bridgehead atoms. The fourth-order valence-corrected chi connectivity index (χ4v) is 2.26. The monoisotopic (exact) mass is 269 g/mol. The molecule has 0 N–H and O–H groups in total. The Morgan fingerprint density at radius 2 is 2.00 bits per heavy atom. The van der Waals surface area contributed by atoms with E-state index in [2.05, 4.69) is 6.92 Å². The van der Waals surface area contributed by atoms with Crippen LogP contribution in [0.4, 0.5) is 0 Å². The summed E-state index contributed by atoms with van der Waals surface area (Å²) >= 11 is 5.39. The van der Waals surface area contributed by atoms with E-state index in [-0.39, 0.29) is 12.0 Å². The van der Waals surface area contributed by atoms with Gasteiger partial charge in [-0.1, -0.05) is 19.8 Å². The number of aromatic nitrogens is 1. The SMILES string of the molecule is CCCCCn1c(C)cc(C)c(CC(=O)Cl)c1=O. The summed E-state index contributed by atoms with van der Waals surface area (Å²) in [6.07, 6.45) is 3.21. The van der Waals surface area contributed by atoms with Gasteiger partial charge < -0.3 is 4.57 Å². The smallest absolute Gasteiger partial charge is 0.254 e. The summed E-state index contributed by atoms with van der Waals surface area (Å²) in [5.41, 5.74) is 2.24. The van der Waals surface area contributed by atoms with Crippen LogP contribution >= 0.6 is 11.6 Å². The number of carbonyl (C=O) groups excluding carboxylic acids is 1. The van der Waals surface area contributed by atoms with Gasteiger partial charge in [0.2, 0.25) is 5.24 Å². The minimum absolute atomic E-state index is 0.0142. The van der Waals surface area contributed by atoms with Crippen molar-refractivity contribution >= 4 is 16.8 Å². The van der Waals surface area contributed by atoms with Crippen molar-refractivity contribution in [2.45, 2.75) is 53.0 Å². The van der Waals surface area contributed by atoms with E-state index in [1.165, 1.54) is 0 Å². The van der Waals surface area contributed by atoms with Crippen molar-refractivity contribution < 1.29 is 4.79 Å². The number of rotatable bonds is 6. The van der Waals surface area contributed by atoms with Crippen LogP contribution in [0.2, 0.25) is 0 Å². The van der Waals surface area contributed by atoms with Gasteiger partial charge in [-0.2, -0.15) is 0 Å². The van der Waals surface area contributed by atoms with Crippen LogP contribution in [0.25, 0.3) is 0 Å². The van der Waals surface area contributed by atoms with E-state index in [9.17, 15) is 9.59 Å². The Hall–Kier alpha value is -1.09. The Morgan fingerprint density at radius 3 is 2.56 bits per heavy atom. The Morgan fingerprint density at radius 1 is 1.33 bits per heavy atom. The average Bonchev–Trinajstić information content (AvgIpc) is 2.28. The van der Waals surface area contributed by atoms with Crippen LogP contribution in [-0.2, 0) is 17.8 Å². The van der Waals surface area contributed by atoms with Crippen LogP contribution in [0.3, 0.4) is 0 Å². The van der Waals surface area contributed by atoms with Gasteiger partial charge >= 0.3 is 0 Å². The molecule has 0 amide bonds. The maximum absolute atomic E-state index is 12.3. The van der Waals surface area contributed by atoms with Crippen LogP contribution in [0.5, 0.6) is 0 Å². The van der Waals surface area contributed by atoms with Gasteiger partial charge in [0.1, 0.15) is 0 Å². The highest BCUT2D eigenvalue weighted by Crippen LogP contribution is 2.09. The Labute approximate surface area is 113 Å². The first-order valence-corrected chi connectivity index (χ1v) is 6.73. The predicted molar refractivity (Wildman–Crippen MR) is 74.3 cm³/mol. The fraction of sp³-hybridized carbons (Fsp3) is 0.571. The molecule has 0 aromatic carbocycles. The molecule has 100 valence electrons. The van der Waals surface area contributed by atoms with Gasteiger partial charge in [-0.15, -0.1) is 0 Å². The van der Waals surface area contributed by atoms with Crippen molar-refractivity contribution in [2.75, 3.05) is 0 Å². The van der Waals surface area contributed by atoms with Crippen LogP contribution in [0.1, 0.15) is 43.0 Å². The van der Waals surface area contributed by atoms with Gasteiger partial charge in [0.05, 0.1) is 6.42 Å². The zero-order valence-corrected chi connectivity index (χ0v) is 12.0. The van der Waals surface area contributed by atoms with E-state index < -0.39 is 5.24 Å². The lowest BCUT2D eigenvalue weighted by molar-refractivity contribution is -0.111. The topological polar surface area (TPSA) is 39.1 Å². The molecular formula is C14H20ClNO2. The largest absolute Gasteiger partial charge is 0.313 e.